The van der Waals surface area contributed by atoms with Crippen molar-refractivity contribution >= 4 is 0 Å². The number of aromatic nitrogens is 2. The van der Waals surface area contributed by atoms with Gasteiger partial charge in [0, 0.05) is 12.2 Å². The molecule has 2 rings (SSSR count). The van der Waals surface area contributed by atoms with E-state index in [0.717, 1.165) is 25.2 Å². The molecule has 1 saturated carbocycles. The molecule has 0 bridgehead atoms. The van der Waals surface area contributed by atoms with Crippen molar-refractivity contribution in [3.05, 3.63) is 18.0 Å². The maximum atomic E-state index is 6.37. The fourth-order valence-corrected chi connectivity index (χ4v) is 3.91. The van der Waals surface area contributed by atoms with E-state index in [2.05, 4.69) is 37.7 Å². The van der Waals surface area contributed by atoms with E-state index in [4.69, 9.17) is 10.8 Å². The summed E-state index contributed by atoms with van der Waals surface area (Å²) in [6, 6.07) is 3.12. The lowest BCUT2D eigenvalue weighted by Crippen LogP contribution is -2.37. The van der Waals surface area contributed by atoms with Gasteiger partial charge in [-0.1, -0.05) is 33.6 Å². The summed E-state index contributed by atoms with van der Waals surface area (Å²) in [7, 11) is 0. The first-order chi connectivity index (χ1) is 10.2. The molecule has 1 aliphatic carbocycles. The summed E-state index contributed by atoms with van der Waals surface area (Å²) in [4.78, 5) is 0. The molecule has 3 nitrogen and oxygen atoms in total. The SMILES string of the molecule is CCCC1CCC(N)C(Cc2ccn(C(CC)CC)n2)C1. The van der Waals surface area contributed by atoms with Crippen molar-refractivity contribution in [2.75, 3.05) is 0 Å². The largest absolute Gasteiger partial charge is 0.327 e. The fourth-order valence-electron chi connectivity index (χ4n) is 3.91. The molecule has 1 aliphatic rings. The molecular formula is C18H33N3. The summed E-state index contributed by atoms with van der Waals surface area (Å²) >= 11 is 0. The van der Waals surface area contributed by atoms with Crippen molar-refractivity contribution in [3.8, 4) is 0 Å². The third kappa shape index (κ3) is 4.32. The van der Waals surface area contributed by atoms with Gasteiger partial charge in [-0.05, 0) is 56.4 Å². The molecule has 3 atom stereocenters. The normalized spacial score (nSPS) is 26.4. The van der Waals surface area contributed by atoms with Crippen LogP contribution in [-0.4, -0.2) is 15.8 Å². The smallest absolute Gasteiger partial charge is 0.0628 e. The molecule has 3 heteroatoms. The molecule has 0 spiro atoms. The summed E-state index contributed by atoms with van der Waals surface area (Å²) < 4.78 is 2.16. The first kappa shape index (κ1) is 16.5. The highest BCUT2D eigenvalue weighted by atomic mass is 15.3. The van der Waals surface area contributed by atoms with Gasteiger partial charge in [-0.25, -0.2) is 0 Å². The van der Waals surface area contributed by atoms with Crippen LogP contribution in [0.25, 0.3) is 0 Å². The topological polar surface area (TPSA) is 43.8 Å². The molecule has 0 amide bonds. The lowest BCUT2D eigenvalue weighted by atomic mass is 9.75. The van der Waals surface area contributed by atoms with Crippen molar-refractivity contribution in [3.63, 3.8) is 0 Å². The molecule has 0 aliphatic heterocycles. The molecule has 0 radical (unpaired) electrons. The second-order valence-electron chi connectivity index (χ2n) is 6.85. The number of rotatable bonds is 7. The summed E-state index contributed by atoms with van der Waals surface area (Å²) in [6.07, 6.45) is 12.0. The molecule has 2 N–H and O–H groups in total. The first-order valence-corrected chi connectivity index (χ1v) is 8.97. The van der Waals surface area contributed by atoms with Crippen molar-refractivity contribution in [2.24, 2.45) is 17.6 Å². The summed E-state index contributed by atoms with van der Waals surface area (Å²) in [5, 5.41) is 4.81. The van der Waals surface area contributed by atoms with Crippen LogP contribution in [0, 0.1) is 11.8 Å². The summed E-state index contributed by atoms with van der Waals surface area (Å²) in [5.41, 5.74) is 7.61. The zero-order chi connectivity index (χ0) is 15.2. The van der Waals surface area contributed by atoms with Gasteiger partial charge in [-0.2, -0.15) is 5.10 Å². The Morgan fingerprint density at radius 2 is 2.05 bits per heavy atom. The van der Waals surface area contributed by atoms with Crippen LogP contribution >= 0.6 is 0 Å². The Bertz CT molecular complexity index is 408. The maximum Gasteiger partial charge on any atom is 0.0628 e. The quantitative estimate of drug-likeness (QED) is 0.812. The highest BCUT2D eigenvalue weighted by Crippen LogP contribution is 2.33. The minimum absolute atomic E-state index is 0.372. The van der Waals surface area contributed by atoms with E-state index in [1.807, 2.05) is 0 Å². The monoisotopic (exact) mass is 291 g/mol. The summed E-state index contributed by atoms with van der Waals surface area (Å²) in [5.74, 6) is 1.52. The van der Waals surface area contributed by atoms with Crippen LogP contribution in [0.15, 0.2) is 12.3 Å². The molecule has 1 heterocycles. The Balaban J connectivity index is 1.96. The summed E-state index contributed by atoms with van der Waals surface area (Å²) in [6.45, 7) is 6.77. The highest BCUT2D eigenvalue weighted by molar-refractivity contribution is 5.03. The van der Waals surface area contributed by atoms with Gasteiger partial charge in [0.15, 0.2) is 0 Å². The third-order valence-corrected chi connectivity index (χ3v) is 5.30. The van der Waals surface area contributed by atoms with Gasteiger partial charge in [-0.3, -0.25) is 4.68 Å². The van der Waals surface area contributed by atoms with Crippen LogP contribution < -0.4 is 5.73 Å². The third-order valence-electron chi connectivity index (χ3n) is 5.30. The second-order valence-corrected chi connectivity index (χ2v) is 6.85. The molecule has 1 aromatic rings. The van der Waals surface area contributed by atoms with Gasteiger partial charge in [-0.15, -0.1) is 0 Å². The van der Waals surface area contributed by atoms with E-state index in [-0.39, 0.29) is 0 Å². The van der Waals surface area contributed by atoms with Gasteiger partial charge < -0.3 is 5.73 Å². The van der Waals surface area contributed by atoms with E-state index in [1.54, 1.807) is 0 Å². The van der Waals surface area contributed by atoms with Crippen LogP contribution in [0.4, 0.5) is 0 Å². The van der Waals surface area contributed by atoms with Crippen molar-refractivity contribution in [2.45, 2.75) is 84.2 Å². The van der Waals surface area contributed by atoms with E-state index in [9.17, 15) is 0 Å². The minimum Gasteiger partial charge on any atom is -0.327 e. The van der Waals surface area contributed by atoms with Crippen LogP contribution in [0.2, 0.25) is 0 Å². The van der Waals surface area contributed by atoms with E-state index >= 15 is 0 Å². The van der Waals surface area contributed by atoms with Crippen LogP contribution in [0.5, 0.6) is 0 Å². The van der Waals surface area contributed by atoms with Crippen molar-refractivity contribution in [1.29, 1.82) is 0 Å². The lowest BCUT2D eigenvalue weighted by Gasteiger charge is -2.33. The highest BCUT2D eigenvalue weighted by Gasteiger charge is 2.28. The molecule has 120 valence electrons. The minimum atomic E-state index is 0.372. The molecule has 1 aromatic heterocycles. The first-order valence-electron chi connectivity index (χ1n) is 8.97. The van der Waals surface area contributed by atoms with Crippen LogP contribution in [0.3, 0.4) is 0 Å². The number of nitrogens with zero attached hydrogens (tertiary/aromatic N) is 2. The zero-order valence-electron chi connectivity index (χ0n) is 14.1. The number of hydrogen-bond donors (Lipinski definition) is 1. The molecular weight excluding hydrogens is 258 g/mol. The molecule has 0 saturated heterocycles. The lowest BCUT2D eigenvalue weighted by molar-refractivity contribution is 0.220. The van der Waals surface area contributed by atoms with Gasteiger partial charge >= 0.3 is 0 Å². The molecule has 21 heavy (non-hydrogen) atoms. The Hall–Kier alpha value is -0.830. The number of hydrogen-bond acceptors (Lipinski definition) is 2. The van der Waals surface area contributed by atoms with Crippen LogP contribution in [-0.2, 0) is 6.42 Å². The average molecular weight is 291 g/mol. The predicted molar refractivity (Wildman–Crippen MR) is 89.3 cm³/mol. The zero-order valence-corrected chi connectivity index (χ0v) is 14.1. The Morgan fingerprint density at radius 3 is 2.71 bits per heavy atom. The molecule has 3 unspecified atom stereocenters. The maximum absolute atomic E-state index is 6.37. The average Bonchev–Trinajstić information content (AvgIpc) is 2.93. The Kier molecular flexibility index (Phi) is 6.28. The predicted octanol–water partition coefficient (Wildman–Crippen LogP) is 4.33. The van der Waals surface area contributed by atoms with Gasteiger partial charge in [0.1, 0.15) is 0 Å². The van der Waals surface area contributed by atoms with Crippen molar-refractivity contribution < 1.29 is 0 Å². The fraction of sp³-hybridized carbons (Fsp3) is 0.833. The van der Waals surface area contributed by atoms with Crippen LogP contribution in [0.1, 0.15) is 77.5 Å². The van der Waals surface area contributed by atoms with Gasteiger partial charge in [0.2, 0.25) is 0 Å². The Morgan fingerprint density at radius 1 is 1.29 bits per heavy atom. The van der Waals surface area contributed by atoms with Gasteiger partial charge in [0.05, 0.1) is 11.7 Å². The van der Waals surface area contributed by atoms with Crippen molar-refractivity contribution in [1.82, 2.24) is 9.78 Å². The number of nitrogens with two attached hydrogens (primary N) is 1. The molecule has 0 aromatic carbocycles. The Labute approximate surface area is 130 Å². The van der Waals surface area contributed by atoms with E-state index in [0.29, 0.717) is 18.0 Å². The van der Waals surface area contributed by atoms with Gasteiger partial charge in [0.25, 0.3) is 0 Å². The van der Waals surface area contributed by atoms with E-state index in [1.165, 1.54) is 37.8 Å². The van der Waals surface area contributed by atoms with E-state index < -0.39 is 0 Å². The standard InChI is InChI=1S/C18H33N3/c1-4-7-14-8-9-18(19)15(12-14)13-16-10-11-21(20-16)17(5-2)6-3/h10-11,14-15,17-18H,4-9,12-13,19H2,1-3H3. The second kappa shape index (κ2) is 7.98. The molecule has 1 fully saturated rings.